The van der Waals surface area contributed by atoms with Crippen molar-refractivity contribution >= 4 is 11.6 Å². The second kappa shape index (κ2) is 7.76. The predicted molar refractivity (Wildman–Crippen MR) is 84.5 cm³/mol. The summed E-state index contributed by atoms with van der Waals surface area (Å²) in [6.07, 6.45) is 1.71. The number of benzene rings is 1. The van der Waals surface area contributed by atoms with Crippen LogP contribution in [0.5, 0.6) is 11.5 Å². The molecule has 1 heterocycles. The number of carbonyl (C=O) groups is 1. The molecule has 0 radical (unpaired) electrons. The molecule has 130 valence electrons. The molecule has 0 aliphatic rings. The Hall–Kier alpha value is -2.64. The smallest absolute Gasteiger partial charge is 0.387 e. The Morgan fingerprint density at radius 3 is 2.67 bits per heavy atom. The lowest BCUT2D eigenvalue weighted by Crippen LogP contribution is -2.24. The molecule has 0 bridgehead atoms. The third-order valence-corrected chi connectivity index (χ3v) is 3.25. The van der Waals surface area contributed by atoms with Crippen molar-refractivity contribution in [1.82, 2.24) is 9.78 Å². The Morgan fingerprint density at radius 1 is 1.33 bits per heavy atom. The van der Waals surface area contributed by atoms with Crippen LogP contribution < -0.4 is 14.8 Å². The molecule has 0 aliphatic carbocycles. The van der Waals surface area contributed by atoms with Gasteiger partial charge >= 0.3 is 6.61 Å². The fourth-order valence-corrected chi connectivity index (χ4v) is 2.06. The lowest BCUT2D eigenvalue weighted by molar-refractivity contribution is -0.119. The van der Waals surface area contributed by atoms with Gasteiger partial charge in [-0.3, -0.25) is 9.48 Å². The molecular weight excluding hydrogens is 320 g/mol. The van der Waals surface area contributed by atoms with Crippen molar-refractivity contribution in [2.45, 2.75) is 33.4 Å². The molecule has 2 rings (SSSR count). The normalized spacial score (nSPS) is 12.1. The van der Waals surface area contributed by atoms with E-state index in [4.69, 9.17) is 4.74 Å². The number of amides is 1. The predicted octanol–water partition coefficient (Wildman–Crippen LogP) is 3.39. The van der Waals surface area contributed by atoms with E-state index in [1.807, 2.05) is 6.92 Å². The van der Waals surface area contributed by atoms with Crippen LogP contribution in [0.2, 0.25) is 0 Å². The van der Waals surface area contributed by atoms with Crippen molar-refractivity contribution in [2.75, 3.05) is 11.9 Å². The standard InChI is InChI=1S/C16H19F2N3O3/c1-4-23-14-9-12(5-6-13(14)24-16(17)18)19-15(22)11(3)21-8-7-10(2)20-21/h5-9,11,16H,4H2,1-3H3,(H,19,22). The number of alkyl halides is 2. The highest BCUT2D eigenvalue weighted by molar-refractivity contribution is 5.93. The highest BCUT2D eigenvalue weighted by Gasteiger charge is 2.17. The summed E-state index contributed by atoms with van der Waals surface area (Å²) in [6, 6.07) is 5.52. The Labute approximate surface area is 138 Å². The minimum absolute atomic E-state index is 0.0828. The van der Waals surface area contributed by atoms with Gasteiger partial charge in [-0.1, -0.05) is 0 Å². The quantitative estimate of drug-likeness (QED) is 0.840. The first-order valence-corrected chi connectivity index (χ1v) is 7.45. The molecule has 0 saturated heterocycles. The number of hydrogen-bond donors (Lipinski definition) is 1. The van der Waals surface area contributed by atoms with Gasteiger partial charge in [0.25, 0.3) is 0 Å². The van der Waals surface area contributed by atoms with Crippen LogP contribution >= 0.6 is 0 Å². The van der Waals surface area contributed by atoms with E-state index in [-0.39, 0.29) is 24.0 Å². The molecule has 1 aromatic heterocycles. The van der Waals surface area contributed by atoms with E-state index in [2.05, 4.69) is 15.2 Å². The van der Waals surface area contributed by atoms with Crippen molar-refractivity contribution < 1.29 is 23.0 Å². The molecule has 2 aromatic rings. The SMILES string of the molecule is CCOc1cc(NC(=O)C(C)n2ccc(C)n2)ccc1OC(F)F. The number of nitrogens with zero attached hydrogens (tertiary/aromatic N) is 2. The third kappa shape index (κ3) is 4.43. The number of nitrogens with one attached hydrogen (secondary N) is 1. The molecule has 0 saturated carbocycles. The third-order valence-electron chi connectivity index (χ3n) is 3.25. The van der Waals surface area contributed by atoms with Crippen LogP contribution in [-0.4, -0.2) is 28.9 Å². The van der Waals surface area contributed by atoms with E-state index in [0.717, 1.165) is 5.69 Å². The van der Waals surface area contributed by atoms with E-state index in [0.29, 0.717) is 5.69 Å². The van der Waals surface area contributed by atoms with Gasteiger partial charge in [-0.2, -0.15) is 13.9 Å². The van der Waals surface area contributed by atoms with Crippen molar-refractivity contribution in [3.63, 3.8) is 0 Å². The zero-order chi connectivity index (χ0) is 17.7. The van der Waals surface area contributed by atoms with Crippen LogP contribution in [0.1, 0.15) is 25.6 Å². The van der Waals surface area contributed by atoms with Gasteiger partial charge in [0.05, 0.1) is 12.3 Å². The van der Waals surface area contributed by atoms with Crippen LogP contribution in [0, 0.1) is 6.92 Å². The van der Waals surface area contributed by atoms with E-state index < -0.39 is 12.7 Å². The number of aromatic nitrogens is 2. The fraction of sp³-hybridized carbons (Fsp3) is 0.375. The number of hydrogen-bond acceptors (Lipinski definition) is 4. The van der Waals surface area contributed by atoms with Gasteiger partial charge < -0.3 is 14.8 Å². The molecule has 1 N–H and O–H groups in total. The molecule has 8 heteroatoms. The van der Waals surface area contributed by atoms with Crippen LogP contribution in [-0.2, 0) is 4.79 Å². The second-order valence-electron chi connectivity index (χ2n) is 5.08. The number of anilines is 1. The molecule has 1 atom stereocenters. The van der Waals surface area contributed by atoms with Crippen LogP contribution in [0.4, 0.5) is 14.5 Å². The lowest BCUT2D eigenvalue weighted by atomic mass is 10.2. The largest absolute Gasteiger partial charge is 0.490 e. The molecule has 1 aromatic carbocycles. The zero-order valence-electron chi connectivity index (χ0n) is 13.6. The minimum Gasteiger partial charge on any atom is -0.490 e. The summed E-state index contributed by atoms with van der Waals surface area (Å²) < 4.78 is 36.0. The lowest BCUT2D eigenvalue weighted by Gasteiger charge is -2.15. The van der Waals surface area contributed by atoms with Crippen molar-refractivity contribution in [2.24, 2.45) is 0 Å². The first-order valence-electron chi connectivity index (χ1n) is 7.45. The highest BCUT2D eigenvalue weighted by Crippen LogP contribution is 2.32. The van der Waals surface area contributed by atoms with E-state index >= 15 is 0 Å². The summed E-state index contributed by atoms with van der Waals surface area (Å²) >= 11 is 0. The Balaban J connectivity index is 2.13. The van der Waals surface area contributed by atoms with Crippen molar-refractivity contribution in [3.05, 3.63) is 36.2 Å². The van der Waals surface area contributed by atoms with Gasteiger partial charge in [-0.15, -0.1) is 0 Å². The average molecular weight is 339 g/mol. The van der Waals surface area contributed by atoms with Gasteiger partial charge in [0.2, 0.25) is 5.91 Å². The molecule has 0 aliphatic heterocycles. The van der Waals surface area contributed by atoms with Gasteiger partial charge in [0.1, 0.15) is 6.04 Å². The van der Waals surface area contributed by atoms with Gasteiger partial charge in [0, 0.05) is 18.0 Å². The van der Waals surface area contributed by atoms with Gasteiger partial charge in [-0.05, 0) is 39.0 Å². The number of ether oxygens (including phenoxy) is 2. The van der Waals surface area contributed by atoms with Crippen LogP contribution in [0.3, 0.4) is 0 Å². The van der Waals surface area contributed by atoms with Crippen molar-refractivity contribution in [3.8, 4) is 11.5 Å². The maximum atomic E-state index is 12.4. The highest BCUT2D eigenvalue weighted by atomic mass is 19.3. The molecule has 0 spiro atoms. The second-order valence-corrected chi connectivity index (χ2v) is 5.08. The summed E-state index contributed by atoms with van der Waals surface area (Å²) in [5, 5.41) is 6.90. The molecule has 24 heavy (non-hydrogen) atoms. The van der Waals surface area contributed by atoms with Gasteiger partial charge in [0.15, 0.2) is 11.5 Å². The van der Waals surface area contributed by atoms with E-state index in [1.54, 1.807) is 30.8 Å². The fourth-order valence-electron chi connectivity index (χ4n) is 2.06. The Bertz CT molecular complexity index is 704. The maximum Gasteiger partial charge on any atom is 0.387 e. The van der Waals surface area contributed by atoms with E-state index in [1.165, 1.54) is 18.2 Å². The molecule has 1 unspecified atom stereocenters. The summed E-state index contributed by atoms with van der Waals surface area (Å²) in [5.41, 5.74) is 1.22. The topological polar surface area (TPSA) is 65.4 Å². The zero-order valence-corrected chi connectivity index (χ0v) is 13.6. The Kier molecular flexibility index (Phi) is 5.73. The first kappa shape index (κ1) is 17.7. The van der Waals surface area contributed by atoms with Crippen molar-refractivity contribution in [1.29, 1.82) is 0 Å². The van der Waals surface area contributed by atoms with Crippen LogP contribution in [0.15, 0.2) is 30.5 Å². The summed E-state index contributed by atoms with van der Waals surface area (Å²) in [4.78, 5) is 12.3. The number of halogens is 2. The molecule has 1 amide bonds. The molecule has 0 fully saturated rings. The van der Waals surface area contributed by atoms with Gasteiger partial charge in [-0.25, -0.2) is 0 Å². The number of rotatable bonds is 7. The first-order chi connectivity index (χ1) is 11.4. The summed E-state index contributed by atoms with van der Waals surface area (Å²) in [6.45, 7) is 2.59. The summed E-state index contributed by atoms with van der Waals surface area (Å²) in [7, 11) is 0. The maximum absolute atomic E-state index is 12.4. The van der Waals surface area contributed by atoms with E-state index in [9.17, 15) is 13.6 Å². The molecular formula is C16H19F2N3O3. The van der Waals surface area contributed by atoms with Crippen LogP contribution in [0.25, 0.3) is 0 Å². The summed E-state index contributed by atoms with van der Waals surface area (Å²) in [5.74, 6) is -0.234. The average Bonchev–Trinajstić information content (AvgIpc) is 2.95. The monoisotopic (exact) mass is 339 g/mol. The number of carbonyl (C=O) groups excluding carboxylic acids is 1. The minimum atomic E-state index is -2.95. The Morgan fingerprint density at radius 2 is 2.08 bits per heavy atom. The number of aryl methyl sites for hydroxylation is 1. The molecule has 6 nitrogen and oxygen atoms in total.